The van der Waals surface area contributed by atoms with Gasteiger partial charge in [0.2, 0.25) is 0 Å². The molecule has 1 N–H and O–H groups in total. The molecule has 0 saturated heterocycles. The van der Waals surface area contributed by atoms with Gasteiger partial charge < -0.3 is 5.32 Å². The molecule has 21 heavy (non-hydrogen) atoms. The van der Waals surface area contributed by atoms with E-state index in [4.69, 9.17) is 23.2 Å². The third kappa shape index (κ3) is 4.68. The smallest absolute Gasteiger partial charge is 0.127 e. The topological polar surface area (TPSA) is 12.0 Å². The van der Waals surface area contributed by atoms with Crippen molar-refractivity contribution in [2.75, 3.05) is 7.05 Å². The number of nitrogens with one attached hydrogen (secondary N) is 1. The Morgan fingerprint density at radius 2 is 1.86 bits per heavy atom. The summed E-state index contributed by atoms with van der Waals surface area (Å²) in [5.41, 5.74) is 1.76. The lowest BCUT2D eigenvalue weighted by Gasteiger charge is -2.17. The van der Waals surface area contributed by atoms with E-state index in [0.29, 0.717) is 22.0 Å². The third-order valence-corrected chi connectivity index (χ3v) is 4.59. The molecule has 2 aromatic carbocycles. The zero-order chi connectivity index (χ0) is 15.4. The second kappa shape index (κ2) is 7.59. The normalized spacial score (nSPS) is 12.4. The standard InChI is InChI=1S/C16H15BrCl2FN/c1-21-13(6-10-2-5-14(18)15(19)7-10)8-11-3-4-12(17)9-16(11)20/h2-5,7,9,13,21H,6,8H2,1H3. The van der Waals surface area contributed by atoms with E-state index >= 15 is 0 Å². The first-order valence-electron chi connectivity index (χ1n) is 6.54. The van der Waals surface area contributed by atoms with Crippen molar-refractivity contribution in [3.05, 3.63) is 67.9 Å². The molecule has 1 unspecified atom stereocenters. The minimum Gasteiger partial charge on any atom is -0.316 e. The number of benzene rings is 2. The van der Waals surface area contributed by atoms with Gasteiger partial charge >= 0.3 is 0 Å². The zero-order valence-corrected chi connectivity index (χ0v) is 14.6. The van der Waals surface area contributed by atoms with Crippen molar-refractivity contribution < 1.29 is 4.39 Å². The maximum Gasteiger partial charge on any atom is 0.127 e. The average molecular weight is 391 g/mol. The Balaban J connectivity index is 2.10. The van der Waals surface area contributed by atoms with Crippen molar-refractivity contribution in [1.82, 2.24) is 5.32 Å². The van der Waals surface area contributed by atoms with Crippen LogP contribution in [0.25, 0.3) is 0 Å². The minimum atomic E-state index is -0.196. The largest absolute Gasteiger partial charge is 0.316 e. The lowest BCUT2D eigenvalue weighted by molar-refractivity contribution is 0.532. The summed E-state index contributed by atoms with van der Waals surface area (Å²) in [6.45, 7) is 0. The third-order valence-electron chi connectivity index (χ3n) is 3.36. The molecule has 2 aromatic rings. The van der Waals surface area contributed by atoms with Crippen molar-refractivity contribution in [2.45, 2.75) is 18.9 Å². The van der Waals surface area contributed by atoms with Crippen molar-refractivity contribution >= 4 is 39.1 Å². The highest BCUT2D eigenvalue weighted by Gasteiger charge is 2.12. The lowest BCUT2D eigenvalue weighted by atomic mass is 9.99. The summed E-state index contributed by atoms with van der Waals surface area (Å²) < 4.78 is 14.7. The van der Waals surface area contributed by atoms with E-state index in [0.717, 1.165) is 16.5 Å². The molecule has 0 aromatic heterocycles. The Morgan fingerprint density at radius 3 is 2.48 bits per heavy atom. The van der Waals surface area contributed by atoms with Gasteiger partial charge in [0.1, 0.15) is 5.82 Å². The Hall–Kier alpha value is -0.610. The van der Waals surface area contributed by atoms with E-state index < -0.39 is 0 Å². The molecule has 0 fully saturated rings. The van der Waals surface area contributed by atoms with Crippen LogP contribution in [-0.2, 0) is 12.8 Å². The zero-order valence-electron chi connectivity index (χ0n) is 11.5. The van der Waals surface area contributed by atoms with Gasteiger partial charge in [-0.2, -0.15) is 0 Å². The maximum atomic E-state index is 13.9. The van der Waals surface area contributed by atoms with E-state index in [9.17, 15) is 4.39 Å². The number of halogens is 4. The molecule has 0 heterocycles. The Bertz CT molecular complexity index is 634. The molecule has 0 saturated carbocycles. The molecule has 1 nitrogen and oxygen atoms in total. The first-order valence-corrected chi connectivity index (χ1v) is 8.09. The molecule has 5 heteroatoms. The molecule has 0 radical (unpaired) electrons. The SMILES string of the molecule is CNC(Cc1ccc(Cl)c(Cl)c1)Cc1ccc(Br)cc1F. The van der Waals surface area contributed by atoms with Crippen molar-refractivity contribution in [3.63, 3.8) is 0 Å². The summed E-state index contributed by atoms with van der Waals surface area (Å²) in [6, 6.07) is 10.8. The summed E-state index contributed by atoms with van der Waals surface area (Å²) in [7, 11) is 1.87. The summed E-state index contributed by atoms with van der Waals surface area (Å²) in [4.78, 5) is 0. The Morgan fingerprint density at radius 1 is 1.10 bits per heavy atom. The quantitative estimate of drug-likeness (QED) is 0.733. The molecule has 0 bridgehead atoms. The van der Waals surface area contributed by atoms with E-state index in [2.05, 4.69) is 21.2 Å². The predicted octanol–water partition coefficient (Wildman–Crippen LogP) is 5.27. The molecule has 0 aliphatic rings. The fraction of sp³-hybridized carbons (Fsp3) is 0.250. The van der Waals surface area contributed by atoms with Gasteiger partial charge in [0, 0.05) is 10.5 Å². The molecule has 2 rings (SSSR count). The molecule has 1 atom stereocenters. The highest BCUT2D eigenvalue weighted by Crippen LogP contribution is 2.24. The molecule has 0 aliphatic carbocycles. The van der Waals surface area contributed by atoms with Gasteiger partial charge in [-0.3, -0.25) is 0 Å². The first-order chi connectivity index (χ1) is 9.99. The van der Waals surface area contributed by atoms with Gasteiger partial charge in [-0.05, 0) is 55.3 Å². The van der Waals surface area contributed by atoms with Crippen LogP contribution in [0.15, 0.2) is 40.9 Å². The van der Waals surface area contributed by atoms with Gasteiger partial charge in [0.05, 0.1) is 10.0 Å². The maximum absolute atomic E-state index is 13.9. The highest BCUT2D eigenvalue weighted by atomic mass is 79.9. The van der Waals surface area contributed by atoms with Crippen molar-refractivity contribution in [1.29, 1.82) is 0 Å². The summed E-state index contributed by atoms with van der Waals surface area (Å²) in [6.07, 6.45) is 1.36. The van der Waals surface area contributed by atoms with Gasteiger partial charge in [0.25, 0.3) is 0 Å². The number of hydrogen-bond acceptors (Lipinski definition) is 1. The van der Waals surface area contributed by atoms with Crippen LogP contribution in [0, 0.1) is 5.82 Å². The van der Waals surface area contributed by atoms with Gasteiger partial charge in [-0.25, -0.2) is 4.39 Å². The molecular formula is C16H15BrCl2FN. The summed E-state index contributed by atoms with van der Waals surface area (Å²) >= 11 is 15.2. The van der Waals surface area contributed by atoms with E-state index in [1.807, 2.05) is 25.2 Å². The minimum absolute atomic E-state index is 0.123. The molecule has 0 amide bonds. The van der Waals surface area contributed by atoms with Crippen LogP contribution in [-0.4, -0.2) is 13.1 Å². The predicted molar refractivity (Wildman–Crippen MR) is 90.8 cm³/mol. The fourth-order valence-corrected chi connectivity index (χ4v) is 2.83. The molecular weight excluding hydrogens is 376 g/mol. The average Bonchev–Trinajstić information content (AvgIpc) is 2.44. The summed E-state index contributed by atoms with van der Waals surface area (Å²) in [5.74, 6) is -0.196. The number of likely N-dealkylation sites (N-methyl/N-ethyl adjacent to an activating group) is 1. The fourth-order valence-electron chi connectivity index (χ4n) is 2.18. The van der Waals surface area contributed by atoms with Crippen molar-refractivity contribution in [2.24, 2.45) is 0 Å². The van der Waals surface area contributed by atoms with Crippen LogP contribution in [0.5, 0.6) is 0 Å². The van der Waals surface area contributed by atoms with Crippen LogP contribution < -0.4 is 5.32 Å². The Labute approximate surface area is 142 Å². The van der Waals surface area contributed by atoms with Crippen LogP contribution in [0.1, 0.15) is 11.1 Å². The van der Waals surface area contributed by atoms with E-state index in [-0.39, 0.29) is 11.9 Å². The van der Waals surface area contributed by atoms with Gasteiger partial charge in [-0.1, -0.05) is 51.3 Å². The first kappa shape index (κ1) is 16.8. The van der Waals surface area contributed by atoms with E-state index in [1.165, 1.54) is 6.07 Å². The molecule has 0 spiro atoms. The lowest BCUT2D eigenvalue weighted by Crippen LogP contribution is -2.30. The van der Waals surface area contributed by atoms with Crippen LogP contribution in [0.3, 0.4) is 0 Å². The highest BCUT2D eigenvalue weighted by molar-refractivity contribution is 9.10. The van der Waals surface area contributed by atoms with Crippen LogP contribution >= 0.6 is 39.1 Å². The van der Waals surface area contributed by atoms with Crippen LogP contribution in [0.4, 0.5) is 4.39 Å². The number of hydrogen-bond donors (Lipinski definition) is 1. The number of rotatable bonds is 5. The molecule has 112 valence electrons. The Kier molecular flexibility index (Phi) is 6.06. The van der Waals surface area contributed by atoms with E-state index in [1.54, 1.807) is 12.1 Å². The van der Waals surface area contributed by atoms with Gasteiger partial charge in [0.15, 0.2) is 0 Å². The second-order valence-electron chi connectivity index (χ2n) is 4.88. The van der Waals surface area contributed by atoms with Crippen molar-refractivity contribution in [3.8, 4) is 0 Å². The molecule has 0 aliphatic heterocycles. The van der Waals surface area contributed by atoms with Gasteiger partial charge in [-0.15, -0.1) is 0 Å². The second-order valence-corrected chi connectivity index (χ2v) is 6.61. The van der Waals surface area contributed by atoms with Crippen LogP contribution in [0.2, 0.25) is 10.0 Å². The summed E-state index contributed by atoms with van der Waals surface area (Å²) in [5, 5.41) is 4.30. The monoisotopic (exact) mass is 389 g/mol.